The zero-order valence-corrected chi connectivity index (χ0v) is 18.9. The molecule has 0 aliphatic rings. The molecule has 1 atom stereocenters. The van der Waals surface area contributed by atoms with E-state index in [0.29, 0.717) is 25.3 Å². The molecule has 0 fully saturated rings. The van der Waals surface area contributed by atoms with Gasteiger partial charge in [0.1, 0.15) is 0 Å². The van der Waals surface area contributed by atoms with E-state index in [2.05, 4.69) is 38.0 Å². The highest BCUT2D eigenvalue weighted by atomic mass is 16.5. The molecule has 0 N–H and O–H groups in total. The maximum Gasteiger partial charge on any atom is 0.242 e. The van der Waals surface area contributed by atoms with Crippen LogP contribution in [0.4, 0.5) is 0 Å². The monoisotopic (exact) mass is 408 g/mol. The minimum absolute atomic E-state index is 0.172. The van der Waals surface area contributed by atoms with E-state index >= 15 is 0 Å². The van der Waals surface area contributed by atoms with Gasteiger partial charge in [-0.2, -0.15) is 0 Å². The summed E-state index contributed by atoms with van der Waals surface area (Å²) in [7, 11) is 3.49. The van der Waals surface area contributed by atoms with Gasteiger partial charge in [-0.3, -0.25) is 4.79 Å². The molecular formula is C24H32N4O2. The second-order valence-electron chi connectivity index (χ2n) is 7.90. The first-order valence-corrected chi connectivity index (χ1v) is 10.6. The number of carbonyl (C=O) groups is 1. The van der Waals surface area contributed by atoms with Crippen LogP contribution in [0.1, 0.15) is 49.1 Å². The van der Waals surface area contributed by atoms with Crippen molar-refractivity contribution in [3.8, 4) is 5.88 Å². The number of hydrogen-bond acceptors (Lipinski definition) is 4. The highest BCUT2D eigenvalue weighted by Gasteiger charge is 2.22. The summed E-state index contributed by atoms with van der Waals surface area (Å²) < 4.78 is 7.20. The van der Waals surface area contributed by atoms with Crippen molar-refractivity contribution in [2.45, 2.75) is 59.5 Å². The van der Waals surface area contributed by atoms with Crippen LogP contribution < -0.4 is 4.74 Å². The molecule has 3 rings (SSSR count). The standard InChI is InChI=1S/C24H32N4O2/c1-7-16(2)28(15-19-11-9-8-10-12-19)21(29)14-13-20-17(3)22-23(25-18(20)4)27(5)26-24(22)30-6/h8-12,16H,7,13-15H2,1-6H3/t16-/m0/s1. The zero-order valence-electron chi connectivity index (χ0n) is 18.9. The highest BCUT2D eigenvalue weighted by molar-refractivity contribution is 5.86. The van der Waals surface area contributed by atoms with Crippen LogP contribution in [0.25, 0.3) is 11.0 Å². The molecular weight excluding hydrogens is 376 g/mol. The van der Waals surface area contributed by atoms with Gasteiger partial charge < -0.3 is 9.64 Å². The maximum atomic E-state index is 13.2. The van der Waals surface area contributed by atoms with E-state index in [1.54, 1.807) is 11.8 Å². The Labute approximate surface area is 178 Å². The van der Waals surface area contributed by atoms with Crippen LogP contribution >= 0.6 is 0 Å². The molecule has 0 radical (unpaired) electrons. The fraction of sp³-hybridized carbons (Fsp3) is 0.458. The lowest BCUT2D eigenvalue weighted by molar-refractivity contribution is -0.134. The topological polar surface area (TPSA) is 60.3 Å². The van der Waals surface area contributed by atoms with Gasteiger partial charge in [-0.25, -0.2) is 9.67 Å². The van der Waals surface area contributed by atoms with Crippen molar-refractivity contribution in [1.82, 2.24) is 19.7 Å². The van der Waals surface area contributed by atoms with Gasteiger partial charge in [0, 0.05) is 31.7 Å². The summed E-state index contributed by atoms with van der Waals surface area (Å²) in [5.41, 5.74) is 5.10. The number of pyridine rings is 1. The summed E-state index contributed by atoms with van der Waals surface area (Å²) in [5.74, 6) is 0.751. The van der Waals surface area contributed by atoms with Crippen molar-refractivity contribution >= 4 is 16.9 Å². The lowest BCUT2D eigenvalue weighted by Gasteiger charge is -2.29. The van der Waals surface area contributed by atoms with E-state index < -0.39 is 0 Å². The van der Waals surface area contributed by atoms with E-state index in [-0.39, 0.29) is 11.9 Å². The molecule has 0 saturated heterocycles. The minimum Gasteiger partial charge on any atom is -0.479 e. The molecule has 0 aliphatic carbocycles. The number of ether oxygens (including phenoxy) is 1. The van der Waals surface area contributed by atoms with Crippen molar-refractivity contribution in [3.05, 3.63) is 52.7 Å². The minimum atomic E-state index is 0.172. The van der Waals surface area contributed by atoms with E-state index in [9.17, 15) is 4.79 Å². The largest absolute Gasteiger partial charge is 0.479 e. The average molecular weight is 409 g/mol. The molecule has 0 aliphatic heterocycles. The Morgan fingerprint density at radius 3 is 2.57 bits per heavy atom. The molecule has 6 heteroatoms. The number of aryl methyl sites for hydroxylation is 3. The average Bonchev–Trinajstić information content (AvgIpc) is 3.07. The van der Waals surface area contributed by atoms with E-state index in [0.717, 1.165) is 39.8 Å². The van der Waals surface area contributed by atoms with E-state index in [1.807, 2.05) is 37.1 Å². The number of methoxy groups -OCH3 is 1. The number of rotatable bonds is 8. The Morgan fingerprint density at radius 2 is 1.93 bits per heavy atom. The Bertz CT molecular complexity index is 1030. The van der Waals surface area contributed by atoms with Crippen LogP contribution in [-0.2, 0) is 24.8 Å². The molecule has 3 aromatic rings. The number of fused-ring (bicyclic) bond motifs is 1. The van der Waals surface area contributed by atoms with Crippen LogP contribution in [0.3, 0.4) is 0 Å². The van der Waals surface area contributed by atoms with Crippen molar-refractivity contribution in [1.29, 1.82) is 0 Å². The molecule has 30 heavy (non-hydrogen) atoms. The van der Waals surface area contributed by atoms with Crippen LogP contribution in [0.15, 0.2) is 30.3 Å². The fourth-order valence-corrected chi connectivity index (χ4v) is 3.97. The zero-order chi connectivity index (χ0) is 21.8. The first kappa shape index (κ1) is 21.8. The van der Waals surface area contributed by atoms with Crippen LogP contribution in [0.5, 0.6) is 5.88 Å². The van der Waals surface area contributed by atoms with Gasteiger partial charge in [-0.1, -0.05) is 37.3 Å². The fourth-order valence-electron chi connectivity index (χ4n) is 3.97. The van der Waals surface area contributed by atoms with E-state index in [1.165, 1.54) is 0 Å². The molecule has 160 valence electrons. The second-order valence-corrected chi connectivity index (χ2v) is 7.90. The first-order valence-electron chi connectivity index (χ1n) is 10.6. The Balaban J connectivity index is 1.83. The van der Waals surface area contributed by atoms with Gasteiger partial charge in [-0.05, 0) is 50.3 Å². The second kappa shape index (κ2) is 9.28. The predicted molar refractivity (Wildman–Crippen MR) is 120 cm³/mol. The molecule has 1 amide bonds. The van der Waals surface area contributed by atoms with Crippen LogP contribution in [0.2, 0.25) is 0 Å². The Kier molecular flexibility index (Phi) is 6.75. The summed E-state index contributed by atoms with van der Waals surface area (Å²) in [4.78, 5) is 19.9. The third-order valence-electron chi connectivity index (χ3n) is 5.94. The van der Waals surface area contributed by atoms with Gasteiger partial charge >= 0.3 is 0 Å². The lowest BCUT2D eigenvalue weighted by atomic mass is 9.99. The lowest BCUT2D eigenvalue weighted by Crippen LogP contribution is -2.38. The summed E-state index contributed by atoms with van der Waals surface area (Å²) in [6.45, 7) is 8.95. The molecule has 1 aromatic carbocycles. The number of nitrogens with zero attached hydrogens (tertiary/aromatic N) is 4. The van der Waals surface area contributed by atoms with Gasteiger partial charge in [0.05, 0.1) is 12.5 Å². The van der Waals surface area contributed by atoms with Crippen LogP contribution in [0, 0.1) is 13.8 Å². The van der Waals surface area contributed by atoms with Gasteiger partial charge in [0.2, 0.25) is 11.8 Å². The smallest absolute Gasteiger partial charge is 0.242 e. The maximum absolute atomic E-state index is 13.2. The quantitative estimate of drug-likeness (QED) is 0.556. The highest BCUT2D eigenvalue weighted by Crippen LogP contribution is 2.30. The summed E-state index contributed by atoms with van der Waals surface area (Å²) in [5, 5.41) is 5.34. The van der Waals surface area contributed by atoms with Gasteiger partial charge in [0.15, 0.2) is 5.65 Å². The Morgan fingerprint density at radius 1 is 1.23 bits per heavy atom. The first-order chi connectivity index (χ1) is 14.4. The normalized spacial score (nSPS) is 12.2. The summed E-state index contributed by atoms with van der Waals surface area (Å²) >= 11 is 0. The SMILES string of the molecule is CC[C@H](C)N(Cc1ccccc1)C(=O)CCc1c(C)nc2c(c(OC)nn2C)c1C. The number of benzene rings is 1. The molecule has 2 aromatic heterocycles. The Hall–Kier alpha value is -2.89. The predicted octanol–water partition coefficient (Wildman–Crippen LogP) is 4.35. The molecule has 2 heterocycles. The van der Waals surface area contributed by atoms with Crippen molar-refractivity contribution in [3.63, 3.8) is 0 Å². The van der Waals surface area contributed by atoms with Gasteiger partial charge in [-0.15, -0.1) is 5.10 Å². The van der Waals surface area contributed by atoms with Crippen molar-refractivity contribution < 1.29 is 9.53 Å². The van der Waals surface area contributed by atoms with Gasteiger partial charge in [0.25, 0.3) is 0 Å². The number of amides is 1. The van der Waals surface area contributed by atoms with Crippen molar-refractivity contribution in [2.24, 2.45) is 7.05 Å². The molecule has 0 saturated carbocycles. The third-order valence-corrected chi connectivity index (χ3v) is 5.94. The molecule has 0 unspecified atom stereocenters. The van der Waals surface area contributed by atoms with Crippen molar-refractivity contribution in [2.75, 3.05) is 7.11 Å². The summed E-state index contributed by atoms with van der Waals surface area (Å²) in [6.07, 6.45) is 2.03. The van der Waals surface area contributed by atoms with E-state index in [4.69, 9.17) is 9.72 Å². The molecule has 6 nitrogen and oxygen atoms in total. The number of aromatic nitrogens is 3. The number of carbonyl (C=O) groups excluding carboxylic acids is 1. The van der Waals surface area contributed by atoms with Crippen LogP contribution in [-0.4, -0.2) is 38.7 Å². The molecule has 0 bridgehead atoms. The summed E-state index contributed by atoms with van der Waals surface area (Å²) in [6, 6.07) is 10.4. The molecule has 0 spiro atoms. The third kappa shape index (κ3) is 4.32. The number of hydrogen-bond donors (Lipinski definition) is 0.